The van der Waals surface area contributed by atoms with E-state index in [9.17, 15) is 9.59 Å². The number of thioether (sulfide) groups is 1. The van der Waals surface area contributed by atoms with E-state index in [-0.39, 0.29) is 34.9 Å². The Labute approximate surface area is 193 Å². The van der Waals surface area contributed by atoms with E-state index in [4.69, 9.17) is 44.9 Å². The maximum atomic E-state index is 13.0. The molecule has 0 aromatic heterocycles. The molecule has 0 saturated carbocycles. The summed E-state index contributed by atoms with van der Waals surface area (Å²) in [7, 11) is 0. The van der Waals surface area contributed by atoms with Gasteiger partial charge in [0.2, 0.25) is 0 Å². The maximum absolute atomic E-state index is 13.0. The number of anilines is 1. The van der Waals surface area contributed by atoms with Gasteiger partial charge in [0.1, 0.15) is 0 Å². The summed E-state index contributed by atoms with van der Waals surface area (Å²) in [6, 6.07) is 10.8. The number of aryl methyl sites for hydroxylation is 1. The lowest BCUT2D eigenvalue weighted by Crippen LogP contribution is -2.28. The molecule has 1 saturated heterocycles. The molecule has 1 heterocycles. The van der Waals surface area contributed by atoms with Crippen LogP contribution in [0, 0.1) is 6.92 Å². The van der Waals surface area contributed by atoms with Gasteiger partial charge in [0.05, 0.1) is 27.2 Å². The molecule has 156 valence electrons. The zero-order valence-electron chi connectivity index (χ0n) is 16.1. The van der Waals surface area contributed by atoms with Crippen molar-refractivity contribution in [2.45, 2.75) is 13.8 Å². The van der Waals surface area contributed by atoms with Gasteiger partial charge in [-0.1, -0.05) is 65.4 Å². The molecule has 0 radical (unpaired) electrons. The number of nitrogens with zero attached hydrogens (tertiary/aromatic N) is 1. The van der Waals surface area contributed by atoms with Gasteiger partial charge in [-0.3, -0.25) is 9.69 Å². The predicted molar refractivity (Wildman–Crippen MR) is 125 cm³/mol. The van der Waals surface area contributed by atoms with Gasteiger partial charge in [-0.15, -0.1) is 0 Å². The number of amides is 1. The van der Waals surface area contributed by atoms with Gasteiger partial charge in [-0.25, -0.2) is 4.79 Å². The zero-order chi connectivity index (χ0) is 21.8. The van der Waals surface area contributed by atoms with Crippen LogP contribution in [-0.4, -0.2) is 29.4 Å². The summed E-state index contributed by atoms with van der Waals surface area (Å²) >= 11 is 19.2. The summed E-state index contributed by atoms with van der Waals surface area (Å²) in [6.07, 6.45) is 1.67. The summed E-state index contributed by atoms with van der Waals surface area (Å²) in [5.41, 5.74) is 2.31. The van der Waals surface area contributed by atoms with E-state index in [1.54, 1.807) is 25.1 Å². The first-order valence-corrected chi connectivity index (χ1v) is 10.9. The van der Waals surface area contributed by atoms with Crippen LogP contribution in [0.4, 0.5) is 5.69 Å². The Morgan fingerprint density at radius 1 is 1.23 bits per heavy atom. The van der Waals surface area contributed by atoms with E-state index in [1.165, 1.54) is 16.7 Å². The molecule has 0 aliphatic carbocycles. The minimum absolute atomic E-state index is 0.177. The van der Waals surface area contributed by atoms with Crippen LogP contribution >= 0.6 is 47.2 Å². The number of halogens is 2. The van der Waals surface area contributed by atoms with Crippen LogP contribution in [0.5, 0.6) is 5.75 Å². The summed E-state index contributed by atoms with van der Waals surface area (Å²) in [6.45, 7) is 3.57. The van der Waals surface area contributed by atoms with Gasteiger partial charge < -0.3 is 9.47 Å². The predicted octanol–water partition coefficient (Wildman–Crippen LogP) is 5.65. The summed E-state index contributed by atoms with van der Waals surface area (Å²) in [4.78, 5) is 26.4. The third kappa shape index (κ3) is 4.98. The van der Waals surface area contributed by atoms with Crippen molar-refractivity contribution in [2.75, 3.05) is 18.1 Å². The normalized spacial score (nSPS) is 15.1. The third-order valence-corrected chi connectivity index (χ3v) is 5.97. The molecular formula is C21H17Cl2NO4S2. The Morgan fingerprint density at radius 3 is 2.53 bits per heavy atom. The first-order chi connectivity index (χ1) is 14.3. The number of rotatable bonds is 6. The molecule has 0 N–H and O–H groups in total. The molecule has 30 heavy (non-hydrogen) atoms. The molecule has 0 atom stereocenters. The molecule has 0 bridgehead atoms. The maximum Gasteiger partial charge on any atom is 0.344 e. The number of carbonyl (C=O) groups excluding carboxylic acids is 2. The van der Waals surface area contributed by atoms with Crippen molar-refractivity contribution in [1.82, 2.24) is 0 Å². The second kappa shape index (κ2) is 9.83. The topological polar surface area (TPSA) is 55.8 Å². The van der Waals surface area contributed by atoms with Gasteiger partial charge >= 0.3 is 5.97 Å². The van der Waals surface area contributed by atoms with Crippen LogP contribution in [0.15, 0.2) is 41.3 Å². The molecule has 0 unspecified atom stereocenters. The smallest absolute Gasteiger partial charge is 0.344 e. The Morgan fingerprint density at radius 2 is 1.90 bits per heavy atom. The van der Waals surface area contributed by atoms with E-state index in [2.05, 4.69) is 0 Å². The molecular weight excluding hydrogens is 465 g/mol. The van der Waals surface area contributed by atoms with Gasteiger partial charge in [0.25, 0.3) is 5.91 Å². The molecule has 9 heteroatoms. The first kappa shape index (κ1) is 22.6. The molecule has 3 rings (SSSR count). The van der Waals surface area contributed by atoms with Gasteiger partial charge in [0, 0.05) is 0 Å². The van der Waals surface area contributed by atoms with Crippen molar-refractivity contribution in [3.63, 3.8) is 0 Å². The molecule has 2 aromatic carbocycles. The average Bonchev–Trinajstić information content (AvgIpc) is 2.95. The second-order valence-corrected chi connectivity index (χ2v) is 8.70. The molecule has 0 spiro atoms. The van der Waals surface area contributed by atoms with E-state index < -0.39 is 5.97 Å². The fourth-order valence-electron chi connectivity index (χ4n) is 2.78. The Kier molecular flexibility index (Phi) is 7.41. The van der Waals surface area contributed by atoms with E-state index in [0.717, 1.165) is 11.3 Å². The molecule has 1 fully saturated rings. The van der Waals surface area contributed by atoms with Gasteiger partial charge in [-0.05, 0) is 49.2 Å². The number of hydrogen-bond donors (Lipinski definition) is 0. The van der Waals surface area contributed by atoms with Gasteiger partial charge in [0.15, 0.2) is 16.7 Å². The van der Waals surface area contributed by atoms with Crippen molar-refractivity contribution >= 4 is 75.1 Å². The highest BCUT2D eigenvalue weighted by Gasteiger charge is 2.34. The summed E-state index contributed by atoms with van der Waals surface area (Å²) < 4.78 is 10.6. The second-order valence-electron chi connectivity index (χ2n) is 6.21. The average molecular weight is 482 g/mol. The van der Waals surface area contributed by atoms with Crippen LogP contribution in [0.2, 0.25) is 10.0 Å². The molecule has 1 aliphatic heterocycles. The lowest BCUT2D eigenvalue weighted by molar-refractivity contribution is -0.145. The minimum atomic E-state index is -0.520. The fraction of sp³-hybridized carbons (Fsp3) is 0.190. The lowest BCUT2D eigenvalue weighted by Gasteiger charge is -2.16. The minimum Gasteiger partial charge on any atom is -0.479 e. The van der Waals surface area contributed by atoms with Gasteiger partial charge in [-0.2, -0.15) is 0 Å². The molecule has 1 aliphatic rings. The van der Waals surface area contributed by atoms with E-state index in [0.29, 0.717) is 14.8 Å². The largest absolute Gasteiger partial charge is 0.479 e. The Bertz CT molecular complexity index is 1030. The number of esters is 1. The standard InChI is InChI=1S/C21H17Cl2NO4S2/c1-3-27-18(25)11-28-19-14(22)8-13(9-15(19)23)10-17-20(26)24(21(29)30-17)16-7-5-4-6-12(16)2/h4-10H,3,11H2,1-2H3/b17-10-. The Balaban J connectivity index is 1.83. The van der Waals surface area contributed by atoms with E-state index in [1.807, 2.05) is 31.2 Å². The highest BCUT2D eigenvalue weighted by atomic mass is 35.5. The number of para-hydroxylation sites is 1. The number of thiocarbonyl (C=S) groups is 1. The molecule has 5 nitrogen and oxygen atoms in total. The van der Waals surface area contributed by atoms with Crippen LogP contribution in [0.25, 0.3) is 6.08 Å². The van der Waals surface area contributed by atoms with Crippen molar-refractivity contribution in [2.24, 2.45) is 0 Å². The lowest BCUT2D eigenvalue weighted by atomic mass is 10.1. The van der Waals surface area contributed by atoms with Crippen molar-refractivity contribution in [1.29, 1.82) is 0 Å². The first-order valence-electron chi connectivity index (χ1n) is 8.93. The van der Waals surface area contributed by atoms with Crippen LogP contribution < -0.4 is 9.64 Å². The van der Waals surface area contributed by atoms with Crippen LogP contribution in [-0.2, 0) is 14.3 Å². The zero-order valence-corrected chi connectivity index (χ0v) is 19.3. The molecule has 2 aromatic rings. The monoisotopic (exact) mass is 481 g/mol. The van der Waals surface area contributed by atoms with Crippen molar-refractivity contribution < 1.29 is 19.1 Å². The van der Waals surface area contributed by atoms with Crippen LogP contribution in [0.1, 0.15) is 18.1 Å². The van der Waals surface area contributed by atoms with Crippen molar-refractivity contribution in [3.05, 3.63) is 62.5 Å². The quantitative estimate of drug-likeness (QED) is 0.301. The Hall–Kier alpha value is -2.06. The van der Waals surface area contributed by atoms with Crippen LogP contribution in [0.3, 0.4) is 0 Å². The third-order valence-electron chi connectivity index (χ3n) is 4.11. The fourth-order valence-corrected chi connectivity index (χ4v) is 4.67. The summed E-state index contributed by atoms with van der Waals surface area (Å²) in [5, 5.41) is 0.430. The SMILES string of the molecule is CCOC(=O)COc1c(Cl)cc(/C=C2\SC(=S)N(c3ccccc3C)C2=O)cc1Cl. The number of ether oxygens (including phenoxy) is 2. The number of carbonyl (C=O) groups is 2. The highest BCUT2D eigenvalue weighted by Crippen LogP contribution is 2.39. The number of benzene rings is 2. The van der Waals surface area contributed by atoms with Crippen molar-refractivity contribution in [3.8, 4) is 5.75 Å². The number of hydrogen-bond acceptors (Lipinski definition) is 6. The highest BCUT2D eigenvalue weighted by molar-refractivity contribution is 8.27. The molecule has 1 amide bonds. The summed E-state index contributed by atoms with van der Waals surface area (Å²) in [5.74, 6) is -0.557. The van der Waals surface area contributed by atoms with E-state index >= 15 is 0 Å².